The highest BCUT2D eigenvalue weighted by molar-refractivity contribution is 7.18. The van der Waals surface area contributed by atoms with Gasteiger partial charge < -0.3 is 10.2 Å². The van der Waals surface area contributed by atoms with Crippen molar-refractivity contribution in [2.24, 2.45) is 5.10 Å². The van der Waals surface area contributed by atoms with Gasteiger partial charge in [0.2, 0.25) is 5.13 Å². The summed E-state index contributed by atoms with van der Waals surface area (Å²) in [6.07, 6.45) is 3.36. The zero-order chi connectivity index (χ0) is 17.1. The summed E-state index contributed by atoms with van der Waals surface area (Å²) in [6.45, 7) is 3.55. The van der Waals surface area contributed by atoms with Gasteiger partial charge in [0.25, 0.3) is 0 Å². The maximum absolute atomic E-state index is 10.3. The van der Waals surface area contributed by atoms with Gasteiger partial charge in [0, 0.05) is 11.8 Å². The molecule has 1 heterocycles. The molecule has 3 aromatic rings. The van der Waals surface area contributed by atoms with E-state index in [0.717, 1.165) is 10.4 Å². The Morgan fingerprint density at radius 2 is 1.88 bits per heavy atom. The first-order chi connectivity index (χ1) is 11.6. The number of anilines is 1. The second-order valence-corrected chi connectivity index (χ2v) is 6.38. The van der Waals surface area contributed by atoms with Crippen LogP contribution in [0.1, 0.15) is 16.7 Å². The van der Waals surface area contributed by atoms with E-state index in [-0.39, 0.29) is 11.5 Å². The minimum atomic E-state index is 0.158. The van der Waals surface area contributed by atoms with Crippen molar-refractivity contribution in [2.75, 3.05) is 5.43 Å². The van der Waals surface area contributed by atoms with Crippen molar-refractivity contribution in [1.82, 2.24) is 4.98 Å². The monoisotopic (exact) mass is 339 g/mol. The summed E-state index contributed by atoms with van der Waals surface area (Å²) in [5.41, 5.74) is 5.76. The van der Waals surface area contributed by atoms with Crippen molar-refractivity contribution < 1.29 is 10.2 Å². The molecular weight excluding hydrogens is 322 g/mol. The molecule has 122 valence electrons. The van der Waals surface area contributed by atoms with Crippen molar-refractivity contribution in [3.05, 3.63) is 59.3 Å². The van der Waals surface area contributed by atoms with Gasteiger partial charge in [0.15, 0.2) is 0 Å². The van der Waals surface area contributed by atoms with E-state index in [1.54, 1.807) is 32.3 Å². The van der Waals surface area contributed by atoms with Gasteiger partial charge in [-0.3, -0.25) is 5.43 Å². The molecule has 0 fully saturated rings. The molecule has 0 bridgehead atoms. The number of aromatic hydroxyl groups is 2. The summed E-state index contributed by atoms with van der Waals surface area (Å²) in [6, 6.07) is 11.3. The molecule has 0 aliphatic rings. The van der Waals surface area contributed by atoms with E-state index in [4.69, 9.17) is 0 Å². The third kappa shape index (κ3) is 3.23. The van der Waals surface area contributed by atoms with Gasteiger partial charge in [-0.05, 0) is 36.6 Å². The van der Waals surface area contributed by atoms with Crippen molar-refractivity contribution in [3.63, 3.8) is 0 Å². The Morgan fingerprint density at radius 3 is 2.62 bits per heavy atom. The molecule has 0 radical (unpaired) electrons. The molecule has 6 heteroatoms. The van der Waals surface area contributed by atoms with Crippen molar-refractivity contribution in [3.8, 4) is 21.9 Å². The fourth-order valence-corrected chi connectivity index (χ4v) is 3.01. The Balaban J connectivity index is 1.80. The van der Waals surface area contributed by atoms with Crippen molar-refractivity contribution in [1.29, 1.82) is 0 Å². The molecule has 3 N–H and O–H groups in total. The predicted molar refractivity (Wildman–Crippen MR) is 98.0 cm³/mol. The third-order valence-electron chi connectivity index (χ3n) is 3.78. The largest absolute Gasteiger partial charge is 0.508 e. The number of phenols is 2. The minimum Gasteiger partial charge on any atom is -0.508 e. The molecule has 2 aromatic carbocycles. The van der Waals surface area contributed by atoms with Crippen LogP contribution in [0, 0.1) is 13.8 Å². The van der Waals surface area contributed by atoms with Crippen LogP contribution in [0.2, 0.25) is 0 Å². The number of rotatable bonds is 4. The van der Waals surface area contributed by atoms with Crippen LogP contribution in [0.15, 0.2) is 47.7 Å². The summed E-state index contributed by atoms with van der Waals surface area (Å²) >= 11 is 1.35. The van der Waals surface area contributed by atoms with Gasteiger partial charge in [-0.1, -0.05) is 41.7 Å². The normalized spacial score (nSPS) is 11.1. The second-order valence-electron chi connectivity index (χ2n) is 5.35. The molecule has 0 amide bonds. The molecule has 0 atom stereocenters. The lowest BCUT2D eigenvalue weighted by Gasteiger charge is -2.10. The summed E-state index contributed by atoms with van der Waals surface area (Å²) in [5, 5.41) is 25.0. The van der Waals surface area contributed by atoms with Crippen molar-refractivity contribution >= 4 is 22.7 Å². The Bertz CT molecular complexity index is 889. The van der Waals surface area contributed by atoms with Gasteiger partial charge in [-0.2, -0.15) is 5.10 Å². The van der Waals surface area contributed by atoms with E-state index in [9.17, 15) is 10.2 Å². The lowest BCUT2D eigenvalue weighted by Crippen LogP contribution is -1.88. The summed E-state index contributed by atoms with van der Waals surface area (Å²) in [5.74, 6) is 0.318. The first-order valence-corrected chi connectivity index (χ1v) is 8.20. The smallest absolute Gasteiger partial charge is 0.203 e. The Hall–Kier alpha value is -2.86. The highest BCUT2D eigenvalue weighted by Crippen LogP contribution is 2.41. The van der Waals surface area contributed by atoms with E-state index in [2.05, 4.69) is 15.5 Å². The standard InChI is InChI=1S/C18H17N3O2S/c1-11-12(2)17(23)14(8-15(11)22)16-10-19-18(24-16)21-20-9-13-6-4-3-5-7-13/h3-10,22-23H,1-2H3,(H,19,21)/b20-9+. The predicted octanol–water partition coefficient (Wildman–Crippen LogP) is 4.28. The average Bonchev–Trinajstić information content (AvgIpc) is 3.06. The van der Waals surface area contributed by atoms with Gasteiger partial charge in [0.1, 0.15) is 11.5 Å². The molecule has 1 aromatic heterocycles. The summed E-state index contributed by atoms with van der Waals surface area (Å²) in [4.78, 5) is 5.00. The Kier molecular flexibility index (Phi) is 4.48. The maximum atomic E-state index is 10.3. The van der Waals surface area contributed by atoms with Crippen LogP contribution in [-0.4, -0.2) is 21.4 Å². The highest BCUT2D eigenvalue weighted by Gasteiger charge is 2.15. The fraction of sp³-hybridized carbons (Fsp3) is 0.111. The summed E-state index contributed by atoms with van der Waals surface area (Å²) in [7, 11) is 0. The molecule has 0 aliphatic carbocycles. The van der Waals surface area contributed by atoms with E-state index in [0.29, 0.717) is 21.8 Å². The van der Waals surface area contributed by atoms with Crippen LogP contribution in [0.5, 0.6) is 11.5 Å². The van der Waals surface area contributed by atoms with Crippen molar-refractivity contribution in [2.45, 2.75) is 13.8 Å². The van der Waals surface area contributed by atoms with E-state index in [1.165, 1.54) is 11.3 Å². The van der Waals surface area contributed by atoms with E-state index in [1.807, 2.05) is 30.3 Å². The van der Waals surface area contributed by atoms with Crippen LogP contribution >= 0.6 is 11.3 Å². The molecular formula is C18H17N3O2S. The van der Waals surface area contributed by atoms with Crippen LogP contribution in [-0.2, 0) is 0 Å². The number of benzene rings is 2. The molecule has 24 heavy (non-hydrogen) atoms. The number of thiazole rings is 1. The van der Waals surface area contributed by atoms with E-state index < -0.39 is 0 Å². The quantitative estimate of drug-likeness (QED) is 0.376. The first-order valence-electron chi connectivity index (χ1n) is 7.38. The second kappa shape index (κ2) is 6.72. The van der Waals surface area contributed by atoms with Crippen LogP contribution in [0.3, 0.4) is 0 Å². The molecule has 3 rings (SSSR count). The van der Waals surface area contributed by atoms with Gasteiger partial charge in [-0.25, -0.2) is 4.98 Å². The number of nitrogens with zero attached hydrogens (tertiary/aromatic N) is 2. The third-order valence-corrected chi connectivity index (χ3v) is 4.72. The molecule has 0 spiro atoms. The Labute approximate surface area is 144 Å². The molecule has 0 aliphatic heterocycles. The Morgan fingerprint density at radius 1 is 1.12 bits per heavy atom. The minimum absolute atomic E-state index is 0.158. The highest BCUT2D eigenvalue weighted by atomic mass is 32.1. The van der Waals surface area contributed by atoms with Gasteiger partial charge in [0.05, 0.1) is 11.1 Å². The van der Waals surface area contributed by atoms with Crippen LogP contribution in [0.4, 0.5) is 5.13 Å². The fourth-order valence-electron chi connectivity index (χ4n) is 2.22. The number of nitrogens with one attached hydrogen (secondary N) is 1. The van der Waals surface area contributed by atoms with Crippen LogP contribution in [0.25, 0.3) is 10.4 Å². The topological polar surface area (TPSA) is 77.7 Å². The molecule has 0 saturated carbocycles. The van der Waals surface area contributed by atoms with Crippen LogP contribution < -0.4 is 5.43 Å². The van der Waals surface area contributed by atoms with Gasteiger partial charge in [-0.15, -0.1) is 0 Å². The zero-order valence-electron chi connectivity index (χ0n) is 13.3. The summed E-state index contributed by atoms with van der Waals surface area (Å²) < 4.78 is 0. The van der Waals surface area contributed by atoms with E-state index >= 15 is 0 Å². The lowest BCUT2D eigenvalue weighted by atomic mass is 10.0. The average molecular weight is 339 g/mol. The number of aromatic nitrogens is 1. The number of hydrazone groups is 1. The number of hydrogen-bond acceptors (Lipinski definition) is 6. The zero-order valence-corrected chi connectivity index (χ0v) is 14.1. The lowest BCUT2D eigenvalue weighted by molar-refractivity contribution is 0.455. The molecule has 0 unspecified atom stereocenters. The number of hydrogen-bond donors (Lipinski definition) is 3. The molecule has 0 saturated heterocycles. The first kappa shape index (κ1) is 16.0. The number of phenolic OH excluding ortho intramolecular Hbond substituents is 2. The molecule has 5 nitrogen and oxygen atoms in total. The SMILES string of the molecule is Cc1c(O)cc(-c2cnc(N/N=C/c3ccccc3)s2)c(O)c1C. The maximum Gasteiger partial charge on any atom is 0.203 e. The van der Waals surface area contributed by atoms with Gasteiger partial charge >= 0.3 is 0 Å².